The fourth-order valence-electron chi connectivity index (χ4n) is 5.44. The molecule has 0 fully saturated rings. The third kappa shape index (κ3) is 6.02. The van der Waals surface area contributed by atoms with Crippen LogP contribution in [0.2, 0.25) is 0 Å². The summed E-state index contributed by atoms with van der Waals surface area (Å²) in [6.07, 6.45) is 4.53. The molecule has 0 spiro atoms. The number of carbonyl (C=O) groups excluding carboxylic acids is 2. The predicted molar refractivity (Wildman–Crippen MR) is 173 cm³/mol. The molecule has 3 heterocycles. The summed E-state index contributed by atoms with van der Waals surface area (Å²) in [7, 11) is 0. The summed E-state index contributed by atoms with van der Waals surface area (Å²) in [6.45, 7) is 8.67. The van der Waals surface area contributed by atoms with E-state index in [-0.39, 0.29) is 24.5 Å². The molecule has 2 amide bonds. The second-order valence-corrected chi connectivity index (χ2v) is 11.8. The fourth-order valence-corrected chi connectivity index (χ4v) is 5.44. The van der Waals surface area contributed by atoms with Crippen molar-refractivity contribution in [3.63, 3.8) is 0 Å². The summed E-state index contributed by atoms with van der Waals surface area (Å²) in [6, 6.07) is 22.9. The van der Waals surface area contributed by atoms with Gasteiger partial charge in [-0.15, -0.1) is 0 Å². The zero-order chi connectivity index (χ0) is 32.4. The number of carbonyl (C=O) groups is 2. The molecule has 1 aromatic heterocycles. The summed E-state index contributed by atoms with van der Waals surface area (Å²) in [5, 5.41) is 14.9. The van der Waals surface area contributed by atoms with E-state index in [4.69, 9.17) is 19.3 Å². The molecule has 46 heavy (non-hydrogen) atoms. The predicted octanol–water partition coefficient (Wildman–Crippen LogP) is 6.79. The molecule has 0 atom stereocenters. The summed E-state index contributed by atoms with van der Waals surface area (Å²) < 4.78 is 18.7. The Bertz CT molecular complexity index is 1930. The summed E-state index contributed by atoms with van der Waals surface area (Å²) in [5.41, 5.74) is 5.12. The van der Waals surface area contributed by atoms with Crippen molar-refractivity contribution in [1.82, 2.24) is 14.7 Å². The van der Waals surface area contributed by atoms with Crippen molar-refractivity contribution in [3.05, 3.63) is 106 Å². The summed E-state index contributed by atoms with van der Waals surface area (Å²) in [4.78, 5) is 28.5. The maximum Gasteiger partial charge on any atom is 0.271 e. The average molecular weight is 615 g/mol. The van der Waals surface area contributed by atoms with Crippen LogP contribution >= 0.6 is 0 Å². The number of para-hydroxylation sites is 1. The summed E-state index contributed by atoms with van der Waals surface area (Å²) >= 11 is 0. The number of amides is 2. The Balaban J connectivity index is 1.41. The van der Waals surface area contributed by atoms with Gasteiger partial charge in [0, 0.05) is 22.9 Å². The second-order valence-electron chi connectivity index (χ2n) is 11.8. The van der Waals surface area contributed by atoms with Crippen molar-refractivity contribution in [3.8, 4) is 40.3 Å². The number of fused-ring (bicyclic) bond motifs is 1. The lowest BCUT2D eigenvalue weighted by atomic mass is 9.92. The van der Waals surface area contributed by atoms with Crippen molar-refractivity contribution in [1.29, 1.82) is 5.26 Å². The molecule has 0 saturated heterocycles. The molecule has 232 valence electrons. The Morgan fingerprint density at radius 3 is 2.52 bits per heavy atom. The molecule has 6 rings (SSSR count). The molecule has 4 aromatic rings. The number of nitriles is 1. The highest BCUT2D eigenvalue weighted by Crippen LogP contribution is 2.36. The first-order chi connectivity index (χ1) is 22.2. The Labute approximate surface area is 267 Å². The van der Waals surface area contributed by atoms with Crippen LogP contribution in [0.4, 0.5) is 0 Å². The molecule has 0 unspecified atom stereocenters. The monoisotopic (exact) mass is 614 g/mol. The lowest BCUT2D eigenvalue weighted by Crippen LogP contribution is -2.42. The van der Waals surface area contributed by atoms with Crippen LogP contribution < -0.4 is 14.2 Å². The minimum atomic E-state index is -0.635. The third-order valence-corrected chi connectivity index (χ3v) is 8.07. The van der Waals surface area contributed by atoms with Gasteiger partial charge in [0.1, 0.15) is 17.4 Å². The van der Waals surface area contributed by atoms with Gasteiger partial charge in [-0.25, -0.2) is 4.68 Å². The first kappa shape index (κ1) is 30.4. The lowest BCUT2D eigenvalue weighted by molar-refractivity contribution is -0.141. The van der Waals surface area contributed by atoms with E-state index in [1.54, 1.807) is 35.9 Å². The third-order valence-electron chi connectivity index (χ3n) is 8.07. The second kappa shape index (κ2) is 12.8. The van der Waals surface area contributed by atoms with Gasteiger partial charge in [-0.2, -0.15) is 10.4 Å². The molecule has 0 aliphatic carbocycles. The van der Waals surface area contributed by atoms with Crippen LogP contribution in [0, 0.1) is 24.2 Å². The molecule has 9 nitrogen and oxygen atoms in total. The Kier molecular flexibility index (Phi) is 8.45. The quantitative estimate of drug-likeness (QED) is 0.151. The highest BCUT2D eigenvalue weighted by Gasteiger charge is 2.36. The molecule has 2 aliphatic heterocycles. The van der Waals surface area contributed by atoms with Gasteiger partial charge in [-0.1, -0.05) is 38.1 Å². The highest BCUT2D eigenvalue weighted by molar-refractivity contribution is 6.19. The van der Waals surface area contributed by atoms with Crippen molar-refractivity contribution in [2.45, 2.75) is 40.7 Å². The smallest absolute Gasteiger partial charge is 0.271 e. The van der Waals surface area contributed by atoms with Crippen molar-refractivity contribution >= 4 is 17.9 Å². The molecular formula is C37H34N4O5. The van der Waals surface area contributed by atoms with Crippen molar-refractivity contribution < 1.29 is 23.8 Å². The SMILES string of the molecule is CC1=C(C#N)C(=O)N(Cc2ccc3c(c2)OCO3)C(=O)/C1=C/c1cn(-c2ccccc2)nc1-c1ccc(OCCC(C)C)c(C)c1. The van der Waals surface area contributed by atoms with Gasteiger partial charge < -0.3 is 14.2 Å². The number of aryl methyl sites for hydroxylation is 1. The van der Waals surface area contributed by atoms with Gasteiger partial charge in [0.05, 0.1) is 24.5 Å². The van der Waals surface area contributed by atoms with E-state index in [0.29, 0.717) is 46.4 Å². The van der Waals surface area contributed by atoms with Gasteiger partial charge >= 0.3 is 0 Å². The fraction of sp³-hybridized carbons (Fsp3) is 0.243. The summed E-state index contributed by atoms with van der Waals surface area (Å²) in [5.74, 6) is 1.36. The number of hydrogen-bond acceptors (Lipinski definition) is 7. The normalized spacial score (nSPS) is 15.2. The minimum absolute atomic E-state index is 0.0301. The zero-order valence-corrected chi connectivity index (χ0v) is 26.2. The van der Waals surface area contributed by atoms with Crippen molar-refractivity contribution in [2.24, 2.45) is 5.92 Å². The molecule has 9 heteroatoms. The molecular weight excluding hydrogens is 580 g/mol. The number of aromatic nitrogens is 2. The topological polar surface area (TPSA) is 107 Å². The number of hydrogen-bond donors (Lipinski definition) is 0. The number of nitrogens with zero attached hydrogens (tertiary/aromatic N) is 4. The largest absolute Gasteiger partial charge is 0.493 e. The molecule has 3 aromatic carbocycles. The van der Waals surface area contributed by atoms with Gasteiger partial charge in [0.15, 0.2) is 11.5 Å². The lowest BCUT2D eigenvalue weighted by Gasteiger charge is -2.27. The molecule has 0 bridgehead atoms. The number of benzene rings is 3. The molecule has 2 aliphatic rings. The Morgan fingerprint density at radius 2 is 1.78 bits per heavy atom. The van der Waals surface area contributed by atoms with E-state index in [1.807, 2.05) is 67.7 Å². The van der Waals surface area contributed by atoms with E-state index in [0.717, 1.165) is 33.9 Å². The maximum atomic E-state index is 14.0. The van der Waals surface area contributed by atoms with Crippen LogP contribution in [0.15, 0.2) is 89.6 Å². The molecule has 0 saturated carbocycles. The first-order valence-corrected chi connectivity index (χ1v) is 15.2. The van der Waals surface area contributed by atoms with Crippen LogP contribution in [0.1, 0.15) is 43.9 Å². The van der Waals surface area contributed by atoms with Gasteiger partial charge in [0.2, 0.25) is 6.79 Å². The maximum absolute atomic E-state index is 14.0. The van der Waals surface area contributed by atoms with Crippen molar-refractivity contribution in [2.75, 3.05) is 13.4 Å². The first-order valence-electron chi connectivity index (χ1n) is 15.2. The van der Waals surface area contributed by atoms with Gasteiger partial charge in [0.25, 0.3) is 11.8 Å². The number of rotatable bonds is 9. The van der Waals surface area contributed by atoms with Gasteiger partial charge in [-0.05, 0) is 91.4 Å². The van der Waals surface area contributed by atoms with E-state index in [2.05, 4.69) is 13.8 Å². The van der Waals surface area contributed by atoms with Crippen LogP contribution in [0.25, 0.3) is 23.0 Å². The number of ether oxygens (including phenoxy) is 3. The van der Waals surface area contributed by atoms with Crippen LogP contribution in [-0.2, 0) is 16.1 Å². The van der Waals surface area contributed by atoms with E-state index < -0.39 is 11.8 Å². The van der Waals surface area contributed by atoms with E-state index >= 15 is 0 Å². The standard InChI is InChI=1S/C37H34N4O5/c1-23(2)14-15-44-32-13-11-27(16-24(32)3)35-28(21-41(39-35)29-8-6-5-7-9-29)18-30-25(4)31(19-38)37(43)40(36(30)42)20-26-10-12-33-34(17-26)46-22-45-33/h5-13,16-18,21,23H,14-15,20,22H2,1-4H3/b30-18+. The van der Waals surface area contributed by atoms with E-state index in [1.165, 1.54) is 0 Å². The Hall–Kier alpha value is -5.62. The van der Waals surface area contributed by atoms with E-state index in [9.17, 15) is 14.9 Å². The molecule has 0 N–H and O–H groups in total. The zero-order valence-electron chi connectivity index (χ0n) is 26.2. The minimum Gasteiger partial charge on any atom is -0.493 e. The van der Waals surface area contributed by atoms with Crippen LogP contribution in [0.3, 0.4) is 0 Å². The number of imide groups is 1. The molecule has 0 radical (unpaired) electrons. The van der Waals surface area contributed by atoms with Crippen LogP contribution in [0.5, 0.6) is 17.2 Å². The van der Waals surface area contributed by atoms with Crippen LogP contribution in [-0.4, -0.2) is 39.9 Å². The highest BCUT2D eigenvalue weighted by atomic mass is 16.7. The Morgan fingerprint density at radius 1 is 1.00 bits per heavy atom. The average Bonchev–Trinajstić information content (AvgIpc) is 3.70. The van der Waals surface area contributed by atoms with Gasteiger partial charge in [-0.3, -0.25) is 14.5 Å².